The van der Waals surface area contributed by atoms with Crippen LogP contribution in [0.25, 0.3) is 22.3 Å². The van der Waals surface area contributed by atoms with Crippen molar-refractivity contribution in [3.05, 3.63) is 88.0 Å². The molecule has 0 spiro atoms. The fourth-order valence-electron chi connectivity index (χ4n) is 9.86. The molecule has 0 amide bonds. The van der Waals surface area contributed by atoms with Crippen molar-refractivity contribution < 1.29 is 21.3 Å². The van der Waals surface area contributed by atoms with Crippen molar-refractivity contribution >= 4 is 14.4 Å². The molecule has 0 saturated carbocycles. The van der Waals surface area contributed by atoms with Crippen LogP contribution in [0, 0.1) is 22.2 Å². The van der Waals surface area contributed by atoms with E-state index in [2.05, 4.69) is 153 Å². The van der Waals surface area contributed by atoms with Gasteiger partial charge in [-0.05, 0) is 0 Å². The number of benzene rings is 2. The van der Waals surface area contributed by atoms with Crippen molar-refractivity contribution in [1.82, 2.24) is 0 Å². The number of unbranched alkanes of at least 4 members (excludes halogenated alkanes) is 2. The van der Waals surface area contributed by atoms with E-state index in [1.54, 1.807) is 27.8 Å². The number of fused-ring (bicyclic) bond motifs is 5. The minimum absolute atomic E-state index is 0.0249. The zero-order chi connectivity index (χ0) is 37.6. The minimum atomic E-state index is -2.56. The second-order valence-corrected chi connectivity index (χ2v) is 27.1. The summed E-state index contributed by atoms with van der Waals surface area (Å²) < 4.78 is 5.73. The molecule has 274 valence electrons. The van der Waals surface area contributed by atoms with Crippen LogP contribution in [0.3, 0.4) is 0 Å². The van der Waals surface area contributed by atoms with Gasteiger partial charge < -0.3 is 0 Å². The first-order valence-electron chi connectivity index (χ1n) is 20.5. The maximum atomic E-state index is 2.74. The summed E-state index contributed by atoms with van der Waals surface area (Å²) in [5.41, 5.74) is 17.5. The molecule has 2 aromatic carbocycles. The average Bonchev–Trinajstić information content (AvgIpc) is 3.70. The van der Waals surface area contributed by atoms with Crippen LogP contribution in [0.1, 0.15) is 183 Å². The van der Waals surface area contributed by atoms with Gasteiger partial charge in [0.15, 0.2) is 0 Å². The Hall–Kier alpha value is -1.85. The Kier molecular flexibility index (Phi) is 10.0. The molecular weight excluding hydrogens is 692 g/mol. The Labute approximate surface area is 321 Å². The van der Waals surface area contributed by atoms with E-state index in [9.17, 15) is 0 Å². The fraction of sp³-hybridized carbons (Fsp3) is 0.580. The summed E-state index contributed by atoms with van der Waals surface area (Å²) in [6, 6.07) is 10.6. The number of rotatable bonds is 8. The number of allylic oxidation sites excluding steroid dienone is 8. The molecule has 0 aromatic heterocycles. The molecule has 6 rings (SSSR count). The zero-order valence-corrected chi connectivity index (χ0v) is 38.0. The van der Waals surface area contributed by atoms with E-state index in [0.717, 1.165) is 6.42 Å². The Balaban J connectivity index is 1.63. The van der Waals surface area contributed by atoms with E-state index in [4.69, 9.17) is 0 Å². The van der Waals surface area contributed by atoms with Crippen LogP contribution in [-0.4, -0.2) is 3.21 Å². The first kappa shape index (κ1) is 38.9. The van der Waals surface area contributed by atoms with Crippen LogP contribution < -0.4 is 0 Å². The Morgan fingerprint density at radius 2 is 1.25 bits per heavy atom. The molecule has 2 aromatic rings. The molecule has 0 heterocycles. The summed E-state index contributed by atoms with van der Waals surface area (Å²) in [6.07, 6.45) is 16.8. The van der Waals surface area contributed by atoms with Gasteiger partial charge >= 0.3 is 323 Å². The molecule has 0 saturated heterocycles. The summed E-state index contributed by atoms with van der Waals surface area (Å²) in [5, 5.41) is 0. The SMILES string of the molecule is CCCC[C](CCCC)=[Zr]([C]1=CC(C(C)(C)C)=CC1C)[C]1=C(C(C)(C)C)c2cc3c(cc2C1(C)C)Cc1cc2c(cc1-3)C(C(C)(C)C)=CC2(C)C. The predicted octanol–water partition coefficient (Wildman–Crippen LogP) is 14.7. The number of hydrogen-bond acceptors (Lipinski definition) is 0. The first-order chi connectivity index (χ1) is 23.5. The van der Waals surface area contributed by atoms with Crippen molar-refractivity contribution in [3.63, 3.8) is 0 Å². The van der Waals surface area contributed by atoms with Crippen molar-refractivity contribution in [2.45, 2.75) is 167 Å². The maximum absolute atomic E-state index is 2.74. The third-order valence-electron chi connectivity index (χ3n) is 12.7. The fourth-order valence-corrected chi connectivity index (χ4v) is 20.3. The standard InChI is InChI=1S/C31H37.C10H15.C9H18.Zr/c1-28(2,3)26-16-30(7,8)24-12-18-11-19-13-25-23(15-21(19)20(18)14-22(24)26)27(29(4,5)6)17-31(25,9)10;1-8-5-6-9(7-8)10(2,3)4;1-3-5-7-9-8-6-4-2;/h12-16H,11H2,1-10H3;6-8H,1-4H3;3-8H2,1-2H3;. The molecule has 0 N–H and O–H groups in total. The molecule has 51 heavy (non-hydrogen) atoms. The van der Waals surface area contributed by atoms with Crippen LogP contribution in [0.15, 0.2) is 54.6 Å². The van der Waals surface area contributed by atoms with Gasteiger partial charge in [0.25, 0.3) is 0 Å². The van der Waals surface area contributed by atoms with E-state index < -0.39 is 21.3 Å². The van der Waals surface area contributed by atoms with E-state index in [1.165, 1.54) is 71.9 Å². The van der Waals surface area contributed by atoms with E-state index in [1.807, 2.05) is 9.77 Å². The summed E-state index contributed by atoms with van der Waals surface area (Å²) in [6.45, 7) is 39.4. The van der Waals surface area contributed by atoms with Crippen molar-refractivity contribution in [1.29, 1.82) is 0 Å². The Morgan fingerprint density at radius 3 is 1.75 bits per heavy atom. The molecule has 4 aliphatic carbocycles. The van der Waals surface area contributed by atoms with Crippen LogP contribution in [0.4, 0.5) is 0 Å². The molecular formula is C50H70Zr. The van der Waals surface area contributed by atoms with Gasteiger partial charge in [-0.3, -0.25) is 0 Å². The van der Waals surface area contributed by atoms with Gasteiger partial charge in [0.2, 0.25) is 0 Å². The predicted molar refractivity (Wildman–Crippen MR) is 223 cm³/mol. The molecule has 1 atom stereocenters. The molecule has 1 unspecified atom stereocenters. The summed E-state index contributed by atoms with van der Waals surface area (Å²) in [4.78, 5) is 0. The second-order valence-electron chi connectivity index (χ2n) is 20.9. The molecule has 0 nitrogen and oxygen atoms in total. The third-order valence-corrected chi connectivity index (χ3v) is 21.9. The monoisotopic (exact) mass is 760 g/mol. The quantitative estimate of drug-likeness (QED) is 0.214. The van der Waals surface area contributed by atoms with Gasteiger partial charge in [-0.2, -0.15) is 0 Å². The zero-order valence-electron chi connectivity index (χ0n) is 35.6. The van der Waals surface area contributed by atoms with E-state index in [0.29, 0.717) is 5.92 Å². The van der Waals surface area contributed by atoms with Crippen molar-refractivity contribution in [2.75, 3.05) is 0 Å². The van der Waals surface area contributed by atoms with E-state index >= 15 is 0 Å². The van der Waals surface area contributed by atoms with Gasteiger partial charge in [-0.15, -0.1) is 0 Å². The average molecular weight is 762 g/mol. The van der Waals surface area contributed by atoms with Gasteiger partial charge in [0.1, 0.15) is 0 Å². The summed E-state index contributed by atoms with van der Waals surface area (Å²) >= 11 is -2.56. The third kappa shape index (κ3) is 6.76. The molecule has 0 radical (unpaired) electrons. The number of hydrogen-bond donors (Lipinski definition) is 0. The van der Waals surface area contributed by atoms with Crippen LogP contribution in [-0.2, 0) is 38.5 Å². The van der Waals surface area contributed by atoms with Crippen LogP contribution in [0.2, 0.25) is 0 Å². The van der Waals surface area contributed by atoms with Crippen LogP contribution in [0.5, 0.6) is 0 Å². The Morgan fingerprint density at radius 1 is 0.706 bits per heavy atom. The van der Waals surface area contributed by atoms with Gasteiger partial charge in [-0.25, -0.2) is 0 Å². The first-order valence-corrected chi connectivity index (χ1v) is 24.2. The van der Waals surface area contributed by atoms with Gasteiger partial charge in [0, 0.05) is 0 Å². The molecule has 0 aliphatic heterocycles. The van der Waals surface area contributed by atoms with Gasteiger partial charge in [-0.1, -0.05) is 0 Å². The summed E-state index contributed by atoms with van der Waals surface area (Å²) in [5.74, 6) is 0.536. The summed E-state index contributed by atoms with van der Waals surface area (Å²) in [7, 11) is 0. The second kappa shape index (κ2) is 13.2. The van der Waals surface area contributed by atoms with Crippen molar-refractivity contribution in [2.24, 2.45) is 22.2 Å². The Bertz CT molecular complexity index is 1910. The molecule has 4 aliphatic rings. The normalized spacial score (nSPS) is 20.2. The molecule has 0 bridgehead atoms. The topological polar surface area (TPSA) is 0 Å². The van der Waals surface area contributed by atoms with Gasteiger partial charge in [0.05, 0.1) is 0 Å². The molecule has 0 fully saturated rings. The van der Waals surface area contributed by atoms with E-state index in [-0.39, 0.29) is 27.1 Å². The van der Waals surface area contributed by atoms with Crippen LogP contribution >= 0.6 is 0 Å². The molecule has 1 heteroatoms. The van der Waals surface area contributed by atoms with Crippen molar-refractivity contribution in [3.8, 4) is 11.1 Å².